The third-order valence-electron chi connectivity index (χ3n) is 5.86. The first-order chi connectivity index (χ1) is 9.91. The van der Waals surface area contributed by atoms with Gasteiger partial charge in [0.05, 0.1) is 6.54 Å². The molecule has 0 aromatic carbocycles. The first-order valence-corrected chi connectivity index (χ1v) is 7.95. The molecule has 3 unspecified atom stereocenters. The number of hydrogen-bond acceptors (Lipinski definition) is 3. The number of carbonyl (C=O) groups is 1. The molecule has 3 rings (SSSR count). The van der Waals surface area contributed by atoms with Crippen molar-refractivity contribution in [2.75, 3.05) is 6.54 Å². The molecule has 0 spiro atoms. The summed E-state index contributed by atoms with van der Waals surface area (Å²) in [5.41, 5.74) is 6.17. The van der Waals surface area contributed by atoms with Crippen LogP contribution in [-0.4, -0.2) is 32.9 Å². The first-order valence-electron chi connectivity index (χ1n) is 7.95. The van der Waals surface area contributed by atoms with E-state index < -0.39 is 0 Å². The van der Waals surface area contributed by atoms with Gasteiger partial charge < -0.3 is 15.2 Å². The highest BCUT2D eigenvalue weighted by Crippen LogP contribution is 2.45. The zero-order valence-electron chi connectivity index (χ0n) is 13.2. The Labute approximate surface area is 126 Å². The predicted molar refractivity (Wildman–Crippen MR) is 81.3 cm³/mol. The molecule has 5 heteroatoms. The fraction of sp³-hybridized carbons (Fsp3) is 0.750. The summed E-state index contributed by atoms with van der Waals surface area (Å²) in [6, 6.07) is 0.212. The first kappa shape index (κ1) is 14.6. The Kier molecular flexibility index (Phi) is 3.56. The molecular formula is C16H26N4O. The summed E-state index contributed by atoms with van der Waals surface area (Å²) in [6.45, 7) is 8.86. The van der Waals surface area contributed by atoms with Crippen molar-refractivity contribution in [3.63, 3.8) is 0 Å². The molecule has 1 fully saturated rings. The van der Waals surface area contributed by atoms with E-state index in [1.807, 2.05) is 17.3 Å². The van der Waals surface area contributed by atoms with Gasteiger partial charge in [0.25, 0.3) is 0 Å². The third-order valence-corrected chi connectivity index (χ3v) is 5.86. The summed E-state index contributed by atoms with van der Waals surface area (Å²) in [5.74, 6) is 1.72. The van der Waals surface area contributed by atoms with Crippen LogP contribution in [0.4, 0.5) is 0 Å². The lowest BCUT2D eigenvalue weighted by Crippen LogP contribution is -2.53. The van der Waals surface area contributed by atoms with Gasteiger partial charge >= 0.3 is 0 Å². The van der Waals surface area contributed by atoms with E-state index in [4.69, 9.17) is 5.73 Å². The largest absolute Gasteiger partial charge is 0.333 e. The van der Waals surface area contributed by atoms with E-state index in [2.05, 4.69) is 30.3 Å². The minimum atomic E-state index is -0.0401. The van der Waals surface area contributed by atoms with Crippen molar-refractivity contribution in [1.29, 1.82) is 0 Å². The Morgan fingerprint density at radius 1 is 1.38 bits per heavy atom. The van der Waals surface area contributed by atoms with Gasteiger partial charge in [-0.25, -0.2) is 4.98 Å². The summed E-state index contributed by atoms with van der Waals surface area (Å²) in [6.07, 6.45) is 5.66. The van der Waals surface area contributed by atoms with E-state index >= 15 is 0 Å². The molecule has 0 radical (unpaired) electrons. The summed E-state index contributed by atoms with van der Waals surface area (Å²) in [5, 5.41) is 0. The van der Waals surface area contributed by atoms with Crippen LogP contribution in [-0.2, 0) is 17.9 Å². The quantitative estimate of drug-likeness (QED) is 0.855. The van der Waals surface area contributed by atoms with E-state index in [9.17, 15) is 4.79 Å². The average Bonchev–Trinajstić information content (AvgIpc) is 2.91. The molecule has 1 aliphatic carbocycles. The zero-order valence-corrected chi connectivity index (χ0v) is 13.2. The van der Waals surface area contributed by atoms with Crippen molar-refractivity contribution in [3.05, 3.63) is 18.2 Å². The van der Waals surface area contributed by atoms with E-state index in [0.717, 1.165) is 31.8 Å². The molecule has 0 saturated heterocycles. The second-order valence-electron chi connectivity index (χ2n) is 7.20. The van der Waals surface area contributed by atoms with Crippen LogP contribution in [0.25, 0.3) is 0 Å². The summed E-state index contributed by atoms with van der Waals surface area (Å²) in [4.78, 5) is 19.3. The van der Waals surface area contributed by atoms with Gasteiger partial charge in [0.15, 0.2) is 0 Å². The van der Waals surface area contributed by atoms with Gasteiger partial charge in [0.2, 0.25) is 5.91 Å². The van der Waals surface area contributed by atoms with E-state index in [1.165, 1.54) is 0 Å². The fourth-order valence-corrected chi connectivity index (χ4v) is 3.87. The van der Waals surface area contributed by atoms with Crippen LogP contribution in [0, 0.1) is 17.3 Å². The van der Waals surface area contributed by atoms with Crippen molar-refractivity contribution >= 4 is 5.91 Å². The molecule has 1 aromatic heterocycles. The summed E-state index contributed by atoms with van der Waals surface area (Å²) in [7, 11) is 0. The van der Waals surface area contributed by atoms with Gasteiger partial charge in [-0.2, -0.15) is 0 Å². The highest BCUT2D eigenvalue weighted by molar-refractivity contribution is 5.80. The van der Waals surface area contributed by atoms with Gasteiger partial charge in [0, 0.05) is 37.4 Å². The molecule has 2 aliphatic rings. The second-order valence-corrected chi connectivity index (χ2v) is 7.20. The number of carbonyl (C=O) groups excluding carboxylic acids is 1. The SMILES string of the molecule is CC1C(N)CCC(C(=O)N2CCn3ccnc3C2)C1(C)C. The maximum absolute atomic E-state index is 13.0. The molecule has 5 nitrogen and oxygen atoms in total. The highest BCUT2D eigenvalue weighted by atomic mass is 16.2. The lowest BCUT2D eigenvalue weighted by atomic mass is 9.60. The summed E-state index contributed by atoms with van der Waals surface area (Å²) >= 11 is 0. The van der Waals surface area contributed by atoms with Crippen molar-refractivity contribution < 1.29 is 4.79 Å². The molecule has 3 atom stereocenters. The number of amides is 1. The average molecular weight is 290 g/mol. The second kappa shape index (κ2) is 5.13. The van der Waals surface area contributed by atoms with Crippen molar-refractivity contribution in [2.24, 2.45) is 23.0 Å². The molecule has 0 bridgehead atoms. The standard InChI is InChI=1S/C16H26N4O/c1-11-13(17)5-4-12(16(11,2)3)15(21)20-9-8-19-7-6-18-14(19)10-20/h6-7,11-13H,4-5,8-10,17H2,1-3H3. The van der Waals surface area contributed by atoms with Gasteiger partial charge in [-0.05, 0) is 24.2 Å². The molecule has 1 aliphatic heterocycles. The number of aromatic nitrogens is 2. The van der Waals surface area contributed by atoms with Gasteiger partial charge in [-0.15, -0.1) is 0 Å². The Morgan fingerprint density at radius 3 is 2.90 bits per heavy atom. The molecule has 116 valence electrons. The maximum atomic E-state index is 13.0. The van der Waals surface area contributed by atoms with E-state index in [0.29, 0.717) is 12.5 Å². The molecule has 2 heterocycles. The number of hydrogen-bond donors (Lipinski definition) is 1. The molecular weight excluding hydrogens is 264 g/mol. The molecule has 1 saturated carbocycles. The van der Waals surface area contributed by atoms with Crippen LogP contribution < -0.4 is 5.73 Å². The Balaban J connectivity index is 1.77. The van der Waals surface area contributed by atoms with E-state index in [-0.39, 0.29) is 23.3 Å². The van der Waals surface area contributed by atoms with E-state index in [1.54, 1.807) is 0 Å². The van der Waals surface area contributed by atoms with Gasteiger partial charge in [0.1, 0.15) is 5.82 Å². The Hall–Kier alpha value is -1.36. The highest BCUT2D eigenvalue weighted by Gasteiger charge is 2.46. The lowest BCUT2D eigenvalue weighted by molar-refractivity contribution is -0.145. The fourth-order valence-electron chi connectivity index (χ4n) is 3.87. The van der Waals surface area contributed by atoms with Gasteiger partial charge in [-0.1, -0.05) is 20.8 Å². The monoisotopic (exact) mass is 290 g/mol. The number of rotatable bonds is 1. The molecule has 1 amide bonds. The van der Waals surface area contributed by atoms with Crippen LogP contribution in [0.15, 0.2) is 12.4 Å². The van der Waals surface area contributed by atoms with Crippen LogP contribution in [0.1, 0.15) is 39.4 Å². The van der Waals surface area contributed by atoms with Gasteiger partial charge in [-0.3, -0.25) is 4.79 Å². The predicted octanol–water partition coefficient (Wildman–Crippen LogP) is 1.62. The zero-order chi connectivity index (χ0) is 15.2. The van der Waals surface area contributed by atoms with Crippen LogP contribution in [0.5, 0.6) is 0 Å². The number of fused-ring (bicyclic) bond motifs is 1. The number of imidazole rings is 1. The summed E-state index contributed by atoms with van der Waals surface area (Å²) < 4.78 is 2.13. The Morgan fingerprint density at radius 2 is 2.14 bits per heavy atom. The minimum absolute atomic E-state index is 0.0401. The Bertz CT molecular complexity index is 536. The normalized spacial score (nSPS) is 31.8. The molecule has 1 aromatic rings. The lowest BCUT2D eigenvalue weighted by Gasteiger charge is -2.47. The van der Waals surface area contributed by atoms with Crippen molar-refractivity contribution in [3.8, 4) is 0 Å². The smallest absolute Gasteiger partial charge is 0.226 e. The molecule has 2 N–H and O–H groups in total. The van der Waals surface area contributed by atoms with Crippen molar-refractivity contribution in [1.82, 2.24) is 14.5 Å². The van der Waals surface area contributed by atoms with Crippen molar-refractivity contribution in [2.45, 2.75) is 52.7 Å². The topological polar surface area (TPSA) is 64.2 Å². The van der Waals surface area contributed by atoms with Crippen LogP contribution in [0.3, 0.4) is 0 Å². The minimum Gasteiger partial charge on any atom is -0.333 e. The number of nitrogens with zero attached hydrogens (tertiary/aromatic N) is 3. The molecule has 21 heavy (non-hydrogen) atoms. The van der Waals surface area contributed by atoms with Crippen LogP contribution >= 0.6 is 0 Å². The number of nitrogens with two attached hydrogens (primary N) is 1. The van der Waals surface area contributed by atoms with Crippen LogP contribution in [0.2, 0.25) is 0 Å². The maximum Gasteiger partial charge on any atom is 0.226 e. The third kappa shape index (κ3) is 2.37.